The number of hydrogen-bond acceptors (Lipinski definition) is 3. The second-order valence-electron chi connectivity index (χ2n) is 5.58. The Morgan fingerprint density at radius 3 is 2.35 bits per heavy atom. The first-order chi connectivity index (χ1) is 11.3. The highest BCUT2D eigenvalue weighted by molar-refractivity contribution is 7.98. The number of nitrogens with zero attached hydrogens (tertiary/aromatic N) is 3. The zero-order valence-electron chi connectivity index (χ0n) is 13.6. The van der Waals surface area contributed by atoms with E-state index >= 15 is 0 Å². The Bertz CT molecular complexity index is 748. The fraction of sp³-hybridized carbons (Fsp3) is 0.263. The largest absolute Gasteiger partial charge is 0.306 e. The van der Waals surface area contributed by atoms with Crippen molar-refractivity contribution in [3.63, 3.8) is 0 Å². The molecule has 0 fully saturated rings. The van der Waals surface area contributed by atoms with E-state index < -0.39 is 0 Å². The molecular weight excluding hydrogens is 302 g/mol. The molecular formula is C19H21N3S. The summed E-state index contributed by atoms with van der Waals surface area (Å²) in [5.74, 6) is 1.95. The normalized spacial score (nSPS) is 10.9. The van der Waals surface area contributed by atoms with Gasteiger partial charge in [-0.3, -0.25) is 0 Å². The lowest BCUT2D eigenvalue weighted by Gasteiger charge is -2.07. The van der Waals surface area contributed by atoms with E-state index in [0.29, 0.717) is 0 Å². The van der Waals surface area contributed by atoms with Gasteiger partial charge in [-0.1, -0.05) is 71.9 Å². The molecule has 3 nitrogen and oxygen atoms in total. The van der Waals surface area contributed by atoms with E-state index in [-0.39, 0.29) is 0 Å². The van der Waals surface area contributed by atoms with E-state index in [0.717, 1.165) is 29.7 Å². The van der Waals surface area contributed by atoms with Gasteiger partial charge in [0.15, 0.2) is 5.16 Å². The second-order valence-corrected chi connectivity index (χ2v) is 6.52. The van der Waals surface area contributed by atoms with Gasteiger partial charge >= 0.3 is 0 Å². The minimum Gasteiger partial charge on any atom is -0.306 e. The zero-order valence-corrected chi connectivity index (χ0v) is 14.4. The average Bonchev–Trinajstić information content (AvgIpc) is 2.97. The highest BCUT2D eigenvalue weighted by Crippen LogP contribution is 2.23. The van der Waals surface area contributed by atoms with Gasteiger partial charge in [-0.2, -0.15) is 0 Å². The van der Waals surface area contributed by atoms with Gasteiger partial charge in [0.25, 0.3) is 0 Å². The molecule has 0 amide bonds. The van der Waals surface area contributed by atoms with Crippen molar-refractivity contribution in [1.29, 1.82) is 0 Å². The van der Waals surface area contributed by atoms with Crippen LogP contribution in [0.4, 0.5) is 0 Å². The fourth-order valence-corrected chi connectivity index (χ4v) is 3.46. The molecule has 2 aromatic carbocycles. The number of aromatic nitrogens is 3. The van der Waals surface area contributed by atoms with Gasteiger partial charge < -0.3 is 4.57 Å². The van der Waals surface area contributed by atoms with Crippen LogP contribution in [-0.2, 0) is 18.7 Å². The predicted octanol–water partition coefficient (Wildman–Crippen LogP) is 4.49. The van der Waals surface area contributed by atoms with Crippen LogP contribution in [-0.4, -0.2) is 14.8 Å². The van der Waals surface area contributed by atoms with E-state index in [1.807, 2.05) is 6.07 Å². The molecule has 1 aromatic heterocycles. The van der Waals surface area contributed by atoms with Gasteiger partial charge in [-0.15, -0.1) is 10.2 Å². The third-order valence-electron chi connectivity index (χ3n) is 3.80. The minimum absolute atomic E-state index is 0.826. The molecule has 0 spiro atoms. The van der Waals surface area contributed by atoms with Gasteiger partial charge in [0, 0.05) is 18.7 Å². The molecule has 0 aliphatic heterocycles. The molecule has 0 saturated heterocycles. The van der Waals surface area contributed by atoms with Crippen molar-refractivity contribution in [3.8, 4) is 0 Å². The number of aryl methyl sites for hydroxylation is 1. The van der Waals surface area contributed by atoms with E-state index in [9.17, 15) is 0 Å². The maximum absolute atomic E-state index is 4.40. The van der Waals surface area contributed by atoms with Crippen LogP contribution in [0, 0.1) is 6.92 Å². The van der Waals surface area contributed by atoms with Gasteiger partial charge in [0.05, 0.1) is 0 Å². The lowest BCUT2D eigenvalue weighted by Crippen LogP contribution is -2.04. The summed E-state index contributed by atoms with van der Waals surface area (Å²) in [5, 5.41) is 9.79. The van der Waals surface area contributed by atoms with Crippen molar-refractivity contribution in [2.45, 2.75) is 37.7 Å². The molecule has 0 aliphatic rings. The molecule has 0 unspecified atom stereocenters. The molecule has 0 bridgehead atoms. The van der Waals surface area contributed by atoms with Crippen LogP contribution >= 0.6 is 11.8 Å². The van der Waals surface area contributed by atoms with Crippen molar-refractivity contribution in [2.75, 3.05) is 0 Å². The molecule has 0 atom stereocenters. The highest BCUT2D eigenvalue weighted by atomic mass is 32.2. The molecule has 3 aromatic rings. The Labute approximate surface area is 141 Å². The summed E-state index contributed by atoms with van der Waals surface area (Å²) in [5.41, 5.74) is 3.88. The fourth-order valence-electron chi connectivity index (χ4n) is 2.48. The van der Waals surface area contributed by atoms with E-state index in [2.05, 4.69) is 77.1 Å². The van der Waals surface area contributed by atoms with Gasteiger partial charge in [0.2, 0.25) is 0 Å². The molecule has 1 heterocycles. The summed E-state index contributed by atoms with van der Waals surface area (Å²) in [6, 6.07) is 19.1. The Kier molecular flexibility index (Phi) is 5.13. The number of thioether (sulfide) groups is 1. The summed E-state index contributed by atoms with van der Waals surface area (Å²) in [6.45, 7) is 5.15. The van der Waals surface area contributed by atoms with Crippen LogP contribution in [0.15, 0.2) is 59.8 Å². The molecule has 0 saturated carbocycles. The Balaban J connectivity index is 1.71. The van der Waals surface area contributed by atoms with Crippen LogP contribution in [0.2, 0.25) is 0 Å². The van der Waals surface area contributed by atoms with Crippen molar-refractivity contribution in [1.82, 2.24) is 14.8 Å². The Morgan fingerprint density at radius 2 is 1.65 bits per heavy atom. The first-order valence-electron chi connectivity index (χ1n) is 7.90. The molecule has 0 aliphatic carbocycles. The molecule has 23 heavy (non-hydrogen) atoms. The number of hydrogen-bond donors (Lipinski definition) is 0. The van der Waals surface area contributed by atoms with Crippen LogP contribution in [0.1, 0.15) is 29.4 Å². The van der Waals surface area contributed by atoms with Crippen molar-refractivity contribution < 1.29 is 0 Å². The van der Waals surface area contributed by atoms with Gasteiger partial charge in [0.1, 0.15) is 5.82 Å². The Morgan fingerprint density at radius 1 is 0.913 bits per heavy atom. The second kappa shape index (κ2) is 7.47. The average molecular weight is 323 g/mol. The van der Waals surface area contributed by atoms with E-state index in [4.69, 9.17) is 0 Å². The maximum Gasteiger partial charge on any atom is 0.191 e. The van der Waals surface area contributed by atoms with E-state index in [1.165, 1.54) is 16.7 Å². The van der Waals surface area contributed by atoms with Crippen LogP contribution in [0.5, 0.6) is 0 Å². The number of benzene rings is 2. The first-order valence-corrected chi connectivity index (χ1v) is 8.89. The monoisotopic (exact) mass is 323 g/mol. The highest BCUT2D eigenvalue weighted by Gasteiger charge is 2.11. The van der Waals surface area contributed by atoms with Gasteiger partial charge in [-0.05, 0) is 25.0 Å². The zero-order chi connectivity index (χ0) is 16.1. The molecule has 0 radical (unpaired) electrons. The topological polar surface area (TPSA) is 30.7 Å². The molecule has 118 valence electrons. The quantitative estimate of drug-likeness (QED) is 0.626. The lowest BCUT2D eigenvalue weighted by molar-refractivity contribution is 0.651. The molecule has 4 heteroatoms. The summed E-state index contributed by atoms with van der Waals surface area (Å²) < 4.78 is 2.21. The maximum atomic E-state index is 4.40. The molecule has 0 N–H and O–H groups in total. The summed E-state index contributed by atoms with van der Waals surface area (Å²) in [4.78, 5) is 0. The summed E-state index contributed by atoms with van der Waals surface area (Å²) >= 11 is 1.75. The standard InChI is InChI=1S/C19H21N3S/c1-3-22-18(13-16-7-5-4-6-8-16)20-21-19(22)23-14-17-11-9-15(2)10-12-17/h4-12H,3,13-14H2,1-2H3. The SMILES string of the molecule is CCn1c(Cc2ccccc2)nnc1SCc1ccc(C)cc1. The third kappa shape index (κ3) is 4.02. The van der Waals surface area contributed by atoms with E-state index in [1.54, 1.807) is 11.8 Å². The molecule has 3 rings (SSSR count). The van der Waals surface area contributed by atoms with Crippen LogP contribution in [0.25, 0.3) is 0 Å². The van der Waals surface area contributed by atoms with Crippen LogP contribution < -0.4 is 0 Å². The third-order valence-corrected chi connectivity index (χ3v) is 4.84. The number of rotatable bonds is 6. The van der Waals surface area contributed by atoms with Crippen molar-refractivity contribution >= 4 is 11.8 Å². The lowest BCUT2D eigenvalue weighted by atomic mass is 10.1. The van der Waals surface area contributed by atoms with Crippen molar-refractivity contribution in [3.05, 3.63) is 77.1 Å². The van der Waals surface area contributed by atoms with Crippen LogP contribution in [0.3, 0.4) is 0 Å². The van der Waals surface area contributed by atoms with Crippen molar-refractivity contribution in [2.24, 2.45) is 0 Å². The summed E-state index contributed by atoms with van der Waals surface area (Å²) in [6.07, 6.45) is 0.826. The first kappa shape index (κ1) is 15.8. The predicted molar refractivity (Wildman–Crippen MR) is 95.7 cm³/mol. The minimum atomic E-state index is 0.826. The Hall–Kier alpha value is -2.07. The van der Waals surface area contributed by atoms with Gasteiger partial charge in [-0.25, -0.2) is 0 Å². The summed E-state index contributed by atoms with van der Waals surface area (Å²) in [7, 11) is 0. The smallest absolute Gasteiger partial charge is 0.191 e.